The zero-order valence-electron chi connectivity index (χ0n) is 13.1. The molecular weight excluding hydrogens is 276 g/mol. The standard InChI is InChI=1S/C17H24N4O/c1-3-15(20-14-6-10-18-12(14)2)21-16(22)19-13-5-4-7-17(11-13)8-9-17/h3,6,10,13,18H,1,4-5,7-9,11H2,2H3,(H2,19,20,21,22). The van der Waals surface area contributed by atoms with Gasteiger partial charge in [0.15, 0.2) is 0 Å². The third-order valence-corrected chi connectivity index (χ3v) is 4.83. The minimum absolute atomic E-state index is 0.186. The van der Waals surface area contributed by atoms with Gasteiger partial charge in [-0.3, -0.25) is 5.32 Å². The average molecular weight is 300 g/mol. The Bertz CT molecular complexity index is 598. The number of carbonyl (C=O) groups is 1. The Balaban J connectivity index is 1.57. The minimum Gasteiger partial charge on any atom is -0.363 e. The number of aromatic amines is 1. The fourth-order valence-corrected chi connectivity index (χ4v) is 3.36. The van der Waals surface area contributed by atoms with Crippen molar-refractivity contribution in [1.29, 1.82) is 0 Å². The molecule has 2 fully saturated rings. The topological polar surface area (TPSA) is 69.3 Å². The number of aromatic nitrogens is 1. The van der Waals surface area contributed by atoms with Crippen LogP contribution in [-0.2, 0) is 0 Å². The molecule has 0 aromatic carbocycles. The number of carbonyl (C=O) groups excluding carboxylic acids is 1. The molecule has 0 bridgehead atoms. The van der Waals surface area contributed by atoms with E-state index in [1.807, 2.05) is 19.2 Å². The maximum Gasteiger partial charge on any atom is 0.320 e. The monoisotopic (exact) mass is 300 g/mol. The molecule has 2 aliphatic carbocycles. The summed E-state index contributed by atoms with van der Waals surface area (Å²) in [5, 5.41) is 5.88. The number of nitrogens with zero attached hydrogens (tertiary/aromatic N) is 1. The number of nitrogens with one attached hydrogen (secondary N) is 3. The van der Waals surface area contributed by atoms with Crippen LogP contribution in [0.15, 0.2) is 29.9 Å². The van der Waals surface area contributed by atoms with E-state index >= 15 is 0 Å². The number of aryl methyl sites for hydroxylation is 1. The maximum atomic E-state index is 12.2. The Morgan fingerprint density at radius 2 is 2.32 bits per heavy atom. The summed E-state index contributed by atoms with van der Waals surface area (Å²) >= 11 is 0. The second-order valence-electron chi connectivity index (χ2n) is 6.58. The lowest BCUT2D eigenvalue weighted by Gasteiger charge is -2.29. The van der Waals surface area contributed by atoms with Crippen LogP contribution in [0.1, 0.15) is 44.2 Å². The molecule has 2 amide bonds. The highest BCUT2D eigenvalue weighted by Gasteiger charge is 2.45. The molecule has 0 radical (unpaired) electrons. The van der Waals surface area contributed by atoms with Crippen molar-refractivity contribution >= 4 is 17.6 Å². The van der Waals surface area contributed by atoms with Gasteiger partial charge in [-0.2, -0.15) is 0 Å². The van der Waals surface area contributed by atoms with Gasteiger partial charge in [-0.1, -0.05) is 13.0 Å². The summed E-state index contributed by atoms with van der Waals surface area (Å²) in [6.07, 6.45) is 10.8. The van der Waals surface area contributed by atoms with Gasteiger partial charge < -0.3 is 10.3 Å². The number of amidine groups is 1. The Morgan fingerprint density at radius 1 is 1.50 bits per heavy atom. The number of hydrogen-bond donors (Lipinski definition) is 3. The molecule has 0 aliphatic heterocycles. The van der Waals surface area contributed by atoms with E-state index in [2.05, 4.69) is 27.2 Å². The van der Waals surface area contributed by atoms with Gasteiger partial charge >= 0.3 is 6.03 Å². The smallest absolute Gasteiger partial charge is 0.320 e. The molecule has 22 heavy (non-hydrogen) atoms. The molecule has 3 rings (SSSR count). The van der Waals surface area contributed by atoms with E-state index < -0.39 is 0 Å². The summed E-state index contributed by atoms with van der Waals surface area (Å²) < 4.78 is 0. The summed E-state index contributed by atoms with van der Waals surface area (Å²) in [5.74, 6) is 0.470. The van der Waals surface area contributed by atoms with Crippen LogP contribution in [0.4, 0.5) is 10.5 Å². The van der Waals surface area contributed by atoms with Crippen LogP contribution < -0.4 is 10.6 Å². The highest BCUT2D eigenvalue weighted by Crippen LogP contribution is 2.56. The van der Waals surface area contributed by atoms with E-state index in [0.29, 0.717) is 11.3 Å². The molecular formula is C17H24N4O. The fourth-order valence-electron chi connectivity index (χ4n) is 3.36. The Labute approximate surface area is 131 Å². The first kappa shape index (κ1) is 14.9. The molecule has 1 spiro atoms. The number of urea groups is 1. The normalized spacial score (nSPS) is 23.1. The van der Waals surface area contributed by atoms with E-state index in [0.717, 1.165) is 24.2 Å². The van der Waals surface area contributed by atoms with Gasteiger partial charge in [0.2, 0.25) is 0 Å². The van der Waals surface area contributed by atoms with Gasteiger partial charge in [-0.25, -0.2) is 9.79 Å². The molecule has 1 aromatic rings. The van der Waals surface area contributed by atoms with Crippen molar-refractivity contribution in [1.82, 2.24) is 15.6 Å². The van der Waals surface area contributed by atoms with Crippen LogP contribution in [0, 0.1) is 12.3 Å². The van der Waals surface area contributed by atoms with Crippen LogP contribution >= 0.6 is 0 Å². The molecule has 3 N–H and O–H groups in total. The zero-order valence-corrected chi connectivity index (χ0v) is 13.1. The number of aliphatic imine (C=N–C) groups is 1. The molecule has 1 unspecified atom stereocenters. The molecule has 1 aromatic heterocycles. The Kier molecular flexibility index (Phi) is 4.05. The second-order valence-corrected chi connectivity index (χ2v) is 6.58. The van der Waals surface area contributed by atoms with Crippen LogP contribution in [0.2, 0.25) is 0 Å². The largest absolute Gasteiger partial charge is 0.363 e. The van der Waals surface area contributed by atoms with E-state index in [1.165, 1.54) is 25.7 Å². The van der Waals surface area contributed by atoms with Crippen LogP contribution in [0.5, 0.6) is 0 Å². The summed E-state index contributed by atoms with van der Waals surface area (Å²) in [5.41, 5.74) is 2.32. The SMILES string of the molecule is C=CC(=Nc1cc[nH]c1C)NC(=O)NC1CCCC2(CC2)C1. The van der Waals surface area contributed by atoms with E-state index in [4.69, 9.17) is 0 Å². The van der Waals surface area contributed by atoms with Crippen molar-refractivity contribution in [2.75, 3.05) is 0 Å². The molecule has 2 saturated carbocycles. The van der Waals surface area contributed by atoms with Gasteiger partial charge in [-0.05, 0) is 56.6 Å². The summed E-state index contributed by atoms with van der Waals surface area (Å²) in [4.78, 5) is 19.6. The first-order chi connectivity index (χ1) is 10.6. The summed E-state index contributed by atoms with van der Waals surface area (Å²) in [6, 6.07) is 1.97. The lowest BCUT2D eigenvalue weighted by atomic mass is 9.83. The van der Waals surface area contributed by atoms with Gasteiger partial charge in [0.05, 0.1) is 5.69 Å². The van der Waals surface area contributed by atoms with Gasteiger partial charge in [-0.15, -0.1) is 0 Å². The van der Waals surface area contributed by atoms with E-state index in [-0.39, 0.29) is 12.1 Å². The van der Waals surface area contributed by atoms with Crippen LogP contribution in [0.25, 0.3) is 0 Å². The van der Waals surface area contributed by atoms with E-state index in [9.17, 15) is 4.79 Å². The minimum atomic E-state index is -0.186. The third-order valence-electron chi connectivity index (χ3n) is 4.83. The number of rotatable bonds is 3. The molecule has 1 heterocycles. The van der Waals surface area contributed by atoms with Crippen molar-refractivity contribution in [3.05, 3.63) is 30.6 Å². The molecule has 5 nitrogen and oxygen atoms in total. The zero-order chi connectivity index (χ0) is 15.6. The van der Waals surface area contributed by atoms with Crippen molar-refractivity contribution in [3.63, 3.8) is 0 Å². The Morgan fingerprint density at radius 3 is 2.95 bits per heavy atom. The highest BCUT2D eigenvalue weighted by atomic mass is 16.2. The molecule has 118 valence electrons. The van der Waals surface area contributed by atoms with Gasteiger partial charge in [0.25, 0.3) is 0 Å². The molecule has 5 heteroatoms. The van der Waals surface area contributed by atoms with Crippen molar-refractivity contribution in [2.45, 2.75) is 51.5 Å². The summed E-state index contributed by atoms with van der Waals surface area (Å²) in [7, 11) is 0. The van der Waals surface area contributed by atoms with Crippen molar-refractivity contribution in [3.8, 4) is 0 Å². The molecule has 0 saturated heterocycles. The first-order valence-electron chi connectivity index (χ1n) is 8.03. The second kappa shape index (κ2) is 5.99. The van der Waals surface area contributed by atoms with Crippen molar-refractivity contribution < 1.29 is 4.79 Å². The number of hydrogen-bond acceptors (Lipinski definition) is 2. The lowest BCUT2D eigenvalue weighted by Crippen LogP contribution is -2.46. The molecule has 1 atom stereocenters. The predicted molar refractivity (Wildman–Crippen MR) is 88.4 cm³/mol. The Hall–Kier alpha value is -2.04. The first-order valence-corrected chi connectivity index (χ1v) is 8.03. The predicted octanol–water partition coefficient (Wildman–Crippen LogP) is 3.56. The quantitative estimate of drug-likeness (QED) is 0.580. The maximum absolute atomic E-state index is 12.2. The molecule has 2 aliphatic rings. The fraction of sp³-hybridized carbons (Fsp3) is 0.529. The van der Waals surface area contributed by atoms with Crippen molar-refractivity contribution in [2.24, 2.45) is 10.4 Å². The van der Waals surface area contributed by atoms with Crippen LogP contribution in [0.3, 0.4) is 0 Å². The number of H-pyrrole nitrogens is 1. The van der Waals surface area contributed by atoms with Gasteiger partial charge in [0.1, 0.15) is 5.84 Å². The highest BCUT2D eigenvalue weighted by molar-refractivity contribution is 6.04. The van der Waals surface area contributed by atoms with Gasteiger partial charge in [0, 0.05) is 17.9 Å². The third kappa shape index (κ3) is 3.40. The summed E-state index contributed by atoms with van der Waals surface area (Å²) in [6.45, 7) is 5.66. The number of amides is 2. The average Bonchev–Trinajstić information content (AvgIpc) is 3.10. The van der Waals surface area contributed by atoms with E-state index in [1.54, 1.807) is 6.08 Å². The lowest BCUT2D eigenvalue weighted by molar-refractivity contribution is 0.226. The van der Waals surface area contributed by atoms with Crippen LogP contribution in [-0.4, -0.2) is 22.9 Å².